The van der Waals surface area contributed by atoms with Crippen molar-refractivity contribution in [2.24, 2.45) is 0 Å². The topological polar surface area (TPSA) is 17.1 Å². The summed E-state index contributed by atoms with van der Waals surface area (Å²) in [6, 6.07) is 24.8. The van der Waals surface area contributed by atoms with Crippen LogP contribution in [0.4, 0.5) is 0 Å². The quantitative estimate of drug-likeness (QED) is 0.514. The molecule has 0 heterocycles. The Labute approximate surface area is 158 Å². The van der Waals surface area contributed by atoms with Crippen molar-refractivity contribution in [3.63, 3.8) is 0 Å². The molecule has 0 saturated carbocycles. The Morgan fingerprint density at radius 3 is 1.81 bits per heavy atom. The maximum atomic E-state index is 14.0. The second-order valence-corrected chi connectivity index (χ2v) is 9.95. The first-order valence-corrected chi connectivity index (χ1v) is 11.1. The van der Waals surface area contributed by atoms with Gasteiger partial charge in [-0.2, -0.15) is 0 Å². The van der Waals surface area contributed by atoms with Crippen LogP contribution in [-0.4, -0.2) is 11.4 Å². The van der Waals surface area contributed by atoms with Gasteiger partial charge in [-0.1, -0.05) is 61.0 Å². The summed E-state index contributed by atoms with van der Waals surface area (Å²) in [7, 11) is -1.84. The average molecular weight is 363 g/mol. The van der Waals surface area contributed by atoms with Gasteiger partial charge >= 0.3 is 0 Å². The van der Waals surface area contributed by atoms with Crippen molar-refractivity contribution < 1.29 is 4.79 Å². The van der Waals surface area contributed by atoms with Crippen molar-refractivity contribution >= 4 is 15.1 Å². The molecule has 0 aliphatic heterocycles. The molecule has 0 aromatic heterocycles. The van der Waals surface area contributed by atoms with Crippen LogP contribution >= 0.6 is 10.0 Å². The largest absolute Gasteiger partial charge is 0.283 e. The third-order valence-electron chi connectivity index (χ3n) is 4.95. The fourth-order valence-electron chi connectivity index (χ4n) is 3.57. The van der Waals surface area contributed by atoms with E-state index < -0.39 is 10.0 Å². The second kappa shape index (κ2) is 7.51. The molecular weight excluding hydrogens is 336 g/mol. The third-order valence-corrected chi connectivity index (χ3v) is 8.32. The number of benzene rings is 3. The summed E-state index contributed by atoms with van der Waals surface area (Å²) in [5, 5.41) is 0.254. The number of hydrogen-bond acceptors (Lipinski definition) is 1. The molecule has 0 aliphatic carbocycles. The normalized spacial score (nSPS) is 12.0. The van der Waals surface area contributed by atoms with Gasteiger partial charge in [-0.25, -0.2) is 0 Å². The highest BCUT2D eigenvalue weighted by molar-refractivity contribution is 8.45. The summed E-state index contributed by atoms with van der Waals surface area (Å²) in [5.41, 5.74) is 4.35. The smallest absolute Gasteiger partial charge is 0.210 e. The molecule has 134 valence electrons. The predicted molar refractivity (Wildman–Crippen MR) is 113 cm³/mol. The van der Waals surface area contributed by atoms with Crippen LogP contribution in [0.25, 0.3) is 0 Å². The minimum atomic E-state index is -1.84. The first-order valence-electron chi connectivity index (χ1n) is 9.01. The van der Waals surface area contributed by atoms with E-state index in [-0.39, 0.29) is 5.12 Å². The van der Waals surface area contributed by atoms with Crippen LogP contribution in [0.2, 0.25) is 0 Å². The minimum absolute atomic E-state index is 0.254. The van der Waals surface area contributed by atoms with Gasteiger partial charge in [-0.05, 0) is 61.9 Å². The van der Waals surface area contributed by atoms with Crippen molar-refractivity contribution in [1.29, 1.82) is 0 Å². The molecule has 3 aromatic carbocycles. The predicted octanol–water partition coefficient (Wildman–Crippen LogP) is 6.56. The molecule has 2 heteroatoms. The van der Waals surface area contributed by atoms with Gasteiger partial charge in [0.1, 0.15) is 0 Å². The summed E-state index contributed by atoms with van der Waals surface area (Å²) in [6.45, 7) is 6.29. The van der Waals surface area contributed by atoms with E-state index in [2.05, 4.69) is 63.4 Å². The molecule has 0 spiro atoms. The molecule has 0 saturated heterocycles. The molecule has 1 nitrogen and oxygen atoms in total. The number of carbonyl (C=O) groups excluding carboxylic acids is 1. The van der Waals surface area contributed by atoms with E-state index in [1.54, 1.807) is 0 Å². The second-order valence-electron chi connectivity index (χ2n) is 6.80. The van der Waals surface area contributed by atoms with Gasteiger partial charge in [0.15, 0.2) is 0 Å². The molecule has 0 N–H and O–H groups in total. The molecule has 0 radical (unpaired) electrons. The van der Waals surface area contributed by atoms with Gasteiger partial charge < -0.3 is 0 Å². The first-order chi connectivity index (χ1) is 12.5. The zero-order valence-corrected chi connectivity index (χ0v) is 16.8. The lowest BCUT2D eigenvalue weighted by atomic mass is 9.98. The molecule has 0 atom stereocenters. The zero-order chi connectivity index (χ0) is 18.7. The molecule has 0 fully saturated rings. The molecule has 0 aliphatic rings. The molecule has 26 heavy (non-hydrogen) atoms. The number of aryl methyl sites for hydroxylation is 3. The van der Waals surface area contributed by atoms with Crippen LogP contribution in [0.3, 0.4) is 0 Å². The fourth-order valence-corrected chi connectivity index (χ4v) is 6.37. The molecule has 3 rings (SSSR count). The van der Waals surface area contributed by atoms with E-state index >= 15 is 0 Å². The van der Waals surface area contributed by atoms with E-state index in [0.29, 0.717) is 0 Å². The van der Waals surface area contributed by atoms with Gasteiger partial charge in [-0.3, -0.25) is 4.79 Å². The minimum Gasteiger partial charge on any atom is -0.283 e. The fraction of sp³-hybridized carbons (Fsp3) is 0.208. The van der Waals surface area contributed by atoms with Crippen LogP contribution in [0, 0.1) is 13.8 Å². The Bertz CT molecular complexity index is 874. The number of rotatable bonds is 4. The number of carbonyl (C=O) groups is 1. The lowest BCUT2D eigenvalue weighted by Crippen LogP contribution is -2.16. The van der Waals surface area contributed by atoms with Crippen LogP contribution in [0.15, 0.2) is 82.6 Å². The Kier molecular flexibility index (Phi) is 5.33. The third kappa shape index (κ3) is 3.22. The van der Waals surface area contributed by atoms with Crippen LogP contribution in [-0.2, 0) is 6.42 Å². The van der Waals surface area contributed by atoms with Crippen molar-refractivity contribution in [2.45, 2.75) is 37.0 Å². The van der Waals surface area contributed by atoms with Gasteiger partial charge in [0.25, 0.3) is 0 Å². The summed E-state index contributed by atoms with van der Waals surface area (Å²) in [5.74, 6) is 0. The highest BCUT2D eigenvalue weighted by Crippen LogP contribution is 2.61. The first kappa shape index (κ1) is 18.5. The summed E-state index contributed by atoms with van der Waals surface area (Å²) in [6.07, 6.45) is 3.00. The molecule has 0 unspecified atom stereocenters. The zero-order valence-electron chi connectivity index (χ0n) is 16.0. The van der Waals surface area contributed by atoms with Gasteiger partial charge in [-0.15, -0.1) is 10.0 Å². The monoisotopic (exact) mass is 362 g/mol. The lowest BCUT2D eigenvalue weighted by molar-refractivity contribution is 0.108. The highest BCUT2D eigenvalue weighted by Gasteiger charge is 2.34. The lowest BCUT2D eigenvalue weighted by Gasteiger charge is -2.36. The SMILES string of the molecule is CCc1cc(C)cc(C)c1C(=O)S(C)(c1ccccc1)c1ccccc1. The van der Waals surface area contributed by atoms with Gasteiger partial charge in [0.2, 0.25) is 5.12 Å². The highest BCUT2D eigenvalue weighted by atomic mass is 32.3. The summed E-state index contributed by atoms with van der Waals surface area (Å²) >= 11 is 0. The van der Waals surface area contributed by atoms with Crippen molar-refractivity contribution in [3.8, 4) is 0 Å². The Morgan fingerprint density at radius 2 is 1.35 bits per heavy atom. The Hall–Kier alpha value is -2.32. The Balaban J connectivity index is 2.26. The standard InChI is InChI=1S/C24H26OS/c1-5-20-17-18(2)16-19(3)23(20)24(25)26(4,21-12-8-6-9-13-21)22-14-10-7-11-15-22/h6-17H,5H2,1-4H3. The van der Waals surface area contributed by atoms with Crippen molar-refractivity contribution in [2.75, 3.05) is 6.26 Å². The van der Waals surface area contributed by atoms with Crippen molar-refractivity contribution in [1.82, 2.24) is 0 Å². The number of hydrogen-bond donors (Lipinski definition) is 0. The van der Waals surface area contributed by atoms with E-state index in [1.165, 1.54) is 5.56 Å². The van der Waals surface area contributed by atoms with Crippen molar-refractivity contribution in [3.05, 3.63) is 95.1 Å². The van der Waals surface area contributed by atoms with E-state index in [4.69, 9.17) is 0 Å². The van der Waals surface area contributed by atoms with E-state index in [9.17, 15) is 4.79 Å². The maximum Gasteiger partial charge on any atom is 0.210 e. The van der Waals surface area contributed by atoms with Crippen LogP contribution in [0.5, 0.6) is 0 Å². The molecule has 3 aromatic rings. The van der Waals surface area contributed by atoms with E-state index in [1.807, 2.05) is 36.4 Å². The van der Waals surface area contributed by atoms with Crippen LogP contribution < -0.4 is 0 Å². The molecular formula is C24H26OS. The molecule has 0 amide bonds. The van der Waals surface area contributed by atoms with Gasteiger partial charge in [0, 0.05) is 15.4 Å². The summed E-state index contributed by atoms with van der Waals surface area (Å²) in [4.78, 5) is 16.2. The van der Waals surface area contributed by atoms with E-state index in [0.717, 1.165) is 32.9 Å². The molecule has 0 bridgehead atoms. The average Bonchev–Trinajstić information content (AvgIpc) is 2.67. The maximum absolute atomic E-state index is 14.0. The Morgan fingerprint density at radius 1 is 0.846 bits per heavy atom. The summed E-state index contributed by atoms with van der Waals surface area (Å²) < 4.78 is 0. The van der Waals surface area contributed by atoms with Crippen LogP contribution in [0.1, 0.15) is 34.0 Å². The van der Waals surface area contributed by atoms with Gasteiger partial charge in [0.05, 0.1) is 0 Å².